The Bertz CT molecular complexity index is 689. The molecule has 1 aliphatic rings. The maximum Gasteiger partial charge on any atom is 0.325 e. The van der Waals surface area contributed by atoms with Gasteiger partial charge in [-0.2, -0.15) is 0 Å². The van der Waals surface area contributed by atoms with Gasteiger partial charge in [-0.15, -0.1) is 0 Å². The molecule has 2 N–H and O–H groups in total. The Labute approximate surface area is 160 Å². The summed E-state index contributed by atoms with van der Waals surface area (Å²) in [5.74, 6) is 0.277. The first-order chi connectivity index (χ1) is 13.0. The number of anilines is 1. The highest BCUT2D eigenvalue weighted by Gasteiger charge is 2.27. The minimum atomic E-state index is -0.506. The zero-order chi connectivity index (χ0) is 19.7. The zero-order valence-electron chi connectivity index (χ0n) is 16.2. The molecule has 2 amide bonds. The van der Waals surface area contributed by atoms with E-state index in [1.807, 2.05) is 39.0 Å². The highest BCUT2D eigenvalue weighted by Crippen LogP contribution is 2.33. The molecule has 0 fully saturated rings. The summed E-state index contributed by atoms with van der Waals surface area (Å²) in [4.78, 5) is 23.4. The third-order valence-corrected chi connectivity index (χ3v) is 3.97. The van der Waals surface area contributed by atoms with E-state index in [0.717, 1.165) is 24.2 Å². The number of nitrogens with one attached hydrogen (secondary N) is 2. The number of ether oxygens (including phenoxy) is 3. The summed E-state index contributed by atoms with van der Waals surface area (Å²) >= 11 is 0. The number of amides is 2. The standard InChI is InChI=1S/C20H28N2O5/c1-4-6-11-26-18(23)13-21-19(24)22-16-7-8-17-15(12-16)9-10-20(3,27-17)14-25-5-2/h7-10,12H,4-6,11,13-14H2,1-3H3,(H2,21,22,24). The van der Waals surface area contributed by atoms with E-state index in [9.17, 15) is 9.59 Å². The molecule has 1 heterocycles. The molecule has 7 heteroatoms. The third-order valence-electron chi connectivity index (χ3n) is 3.97. The van der Waals surface area contributed by atoms with Crippen molar-refractivity contribution in [2.45, 2.75) is 39.2 Å². The van der Waals surface area contributed by atoms with E-state index < -0.39 is 17.6 Å². The minimum absolute atomic E-state index is 0.167. The Morgan fingerprint density at radius 2 is 2.07 bits per heavy atom. The monoisotopic (exact) mass is 376 g/mol. The number of rotatable bonds is 9. The summed E-state index contributed by atoms with van der Waals surface area (Å²) in [7, 11) is 0. The van der Waals surface area contributed by atoms with Crippen LogP contribution in [0, 0.1) is 0 Å². The minimum Gasteiger partial charge on any atom is -0.480 e. The highest BCUT2D eigenvalue weighted by molar-refractivity contribution is 5.92. The molecule has 1 atom stereocenters. The molecule has 0 radical (unpaired) electrons. The van der Waals surface area contributed by atoms with Crippen LogP contribution in [0.15, 0.2) is 24.3 Å². The molecule has 0 bridgehead atoms. The fraction of sp³-hybridized carbons (Fsp3) is 0.500. The molecule has 0 aliphatic carbocycles. The number of hydrogen-bond donors (Lipinski definition) is 2. The summed E-state index contributed by atoms with van der Waals surface area (Å²) < 4.78 is 16.5. The first kappa shape index (κ1) is 20.8. The first-order valence-corrected chi connectivity index (χ1v) is 9.26. The fourth-order valence-electron chi connectivity index (χ4n) is 2.49. The van der Waals surface area contributed by atoms with Gasteiger partial charge in [-0.1, -0.05) is 19.4 Å². The molecule has 0 spiro atoms. The Kier molecular flexibility index (Phi) is 7.67. The van der Waals surface area contributed by atoms with Crippen molar-refractivity contribution in [3.8, 4) is 5.75 Å². The number of unbranched alkanes of at least 4 members (excludes halogenated alkanes) is 1. The molecule has 1 aromatic rings. The number of benzene rings is 1. The predicted octanol–water partition coefficient (Wildman–Crippen LogP) is 3.35. The largest absolute Gasteiger partial charge is 0.480 e. The van der Waals surface area contributed by atoms with Gasteiger partial charge >= 0.3 is 12.0 Å². The molecular formula is C20H28N2O5. The molecule has 1 aliphatic heterocycles. The summed E-state index contributed by atoms with van der Waals surface area (Å²) in [6.45, 7) is 7.22. The average molecular weight is 376 g/mol. The number of carbonyl (C=O) groups is 2. The van der Waals surface area contributed by atoms with Gasteiger partial charge in [0.2, 0.25) is 0 Å². The van der Waals surface area contributed by atoms with Crippen LogP contribution < -0.4 is 15.4 Å². The highest BCUT2D eigenvalue weighted by atomic mass is 16.5. The maximum absolute atomic E-state index is 11.9. The maximum atomic E-state index is 11.9. The summed E-state index contributed by atoms with van der Waals surface area (Å²) in [5, 5.41) is 5.18. The Morgan fingerprint density at radius 3 is 2.81 bits per heavy atom. The lowest BCUT2D eigenvalue weighted by Crippen LogP contribution is -2.37. The van der Waals surface area contributed by atoms with Crippen LogP contribution in [0.1, 0.15) is 39.2 Å². The second kappa shape index (κ2) is 9.97. The van der Waals surface area contributed by atoms with Gasteiger partial charge in [0.05, 0.1) is 13.2 Å². The van der Waals surface area contributed by atoms with Gasteiger partial charge in [0, 0.05) is 17.9 Å². The van der Waals surface area contributed by atoms with Crippen molar-refractivity contribution in [1.82, 2.24) is 5.32 Å². The Hall–Kier alpha value is -2.54. The lowest BCUT2D eigenvalue weighted by Gasteiger charge is -2.31. The number of carbonyl (C=O) groups excluding carboxylic acids is 2. The van der Waals surface area contributed by atoms with Crippen molar-refractivity contribution in [3.05, 3.63) is 29.8 Å². The normalized spacial score (nSPS) is 17.6. The zero-order valence-corrected chi connectivity index (χ0v) is 16.2. The Balaban J connectivity index is 1.86. The number of hydrogen-bond acceptors (Lipinski definition) is 5. The van der Waals surface area contributed by atoms with Crippen LogP contribution in [-0.4, -0.2) is 44.0 Å². The van der Waals surface area contributed by atoms with E-state index >= 15 is 0 Å². The van der Waals surface area contributed by atoms with Crippen LogP contribution in [0.4, 0.5) is 10.5 Å². The van der Waals surface area contributed by atoms with E-state index in [1.54, 1.807) is 12.1 Å². The van der Waals surface area contributed by atoms with Gasteiger partial charge in [-0.3, -0.25) is 4.79 Å². The van der Waals surface area contributed by atoms with E-state index in [1.165, 1.54) is 0 Å². The molecule has 2 rings (SSSR count). The molecule has 0 saturated carbocycles. The van der Waals surface area contributed by atoms with Crippen LogP contribution in [0.5, 0.6) is 5.75 Å². The molecule has 7 nitrogen and oxygen atoms in total. The lowest BCUT2D eigenvalue weighted by molar-refractivity contribution is -0.142. The van der Waals surface area contributed by atoms with Crippen molar-refractivity contribution in [1.29, 1.82) is 0 Å². The first-order valence-electron chi connectivity index (χ1n) is 9.26. The SMILES string of the molecule is CCCCOC(=O)CNC(=O)Nc1ccc2c(c1)C=CC(C)(COCC)O2. The van der Waals surface area contributed by atoms with Gasteiger partial charge in [0.25, 0.3) is 0 Å². The van der Waals surface area contributed by atoms with Crippen LogP contribution in [0.25, 0.3) is 6.08 Å². The van der Waals surface area contributed by atoms with Crippen molar-refractivity contribution >= 4 is 23.8 Å². The quantitative estimate of drug-likeness (QED) is 0.510. The average Bonchev–Trinajstić information content (AvgIpc) is 2.65. The van der Waals surface area contributed by atoms with Crippen molar-refractivity contribution in [2.24, 2.45) is 0 Å². The molecule has 0 aromatic heterocycles. The van der Waals surface area contributed by atoms with E-state index in [-0.39, 0.29) is 6.54 Å². The Morgan fingerprint density at radius 1 is 1.26 bits per heavy atom. The topological polar surface area (TPSA) is 85.9 Å². The van der Waals surface area contributed by atoms with Crippen molar-refractivity contribution in [2.75, 3.05) is 31.7 Å². The van der Waals surface area contributed by atoms with Gasteiger partial charge < -0.3 is 24.8 Å². The van der Waals surface area contributed by atoms with E-state index in [2.05, 4.69) is 10.6 Å². The summed E-state index contributed by atoms with van der Waals surface area (Å²) in [6, 6.07) is 4.89. The second-order valence-electron chi connectivity index (χ2n) is 6.52. The molecule has 1 unspecified atom stereocenters. The van der Waals surface area contributed by atoms with Gasteiger partial charge in [0.1, 0.15) is 17.9 Å². The number of urea groups is 1. The van der Waals surface area contributed by atoms with Crippen molar-refractivity contribution in [3.63, 3.8) is 0 Å². The predicted molar refractivity (Wildman–Crippen MR) is 104 cm³/mol. The van der Waals surface area contributed by atoms with Gasteiger partial charge in [0.15, 0.2) is 0 Å². The molecule has 0 saturated heterocycles. The lowest BCUT2D eigenvalue weighted by atomic mass is 10.0. The van der Waals surface area contributed by atoms with E-state index in [4.69, 9.17) is 14.2 Å². The molecule has 1 aromatic carbocycles. The van der Waals surface area contributed by atoms with E-state index in [0.29, 0.717) is 25.5 Å². The third kappa shape index (κ3) is 6.60. The molecule has 148 valence electrons. The summed E-state index contributed by atoms with van der Waals surface area (Å²) in [5.41, 5.74) is 0.959. The van der Waals surface area contributed by atoms with Gasteiger partial charge in [-0.05, 0) is 44.5 Å². The smallest absolute Gasteiger partial charge is 0.325 e. The van der Waals surface area contributed by atoms with Crippen molar-refractivity contribution < 1.29 is 23.8 Å². The fourth-order valence-corrected chi connectivity index (χ4v) is 2.49. The molecule has 27 heavy (non-hydrogen) atoms. The van der Waals surface area contributed by atoms with Crippen LogP contribution >= 0.6 is 0 Å². The van der Waals surface area contributed by atoms with Crippen LogP contribution in [0.3, 0.4) is 0 Å². The van der Waals surface area contributed by atoms with Gasteiger partial charge in [-0.25, -0.2) is 4.79 Å². The number of fused-ring (bicyclic) bond motifs is 1. The summed E-state index contributed by atoms with van der Waals surface area (Å²) in [6.07, 6.45) is 5.65. The van der Waals surface area contributed by atoms with Crippen LogP contribution in [0.2, 0.25) is 0 Å². The molecular weight excluding hydrogens is 348 g/mol. The second-order valence-corrected chi connectivity index (χ2v) is 6.52. The van der Waals surface area contributed by atoms with Crippen LogP contribution in [-0.2, 0) is 14.3 Å². The number of esters is 1.